The van der Waals surface area contributed by atoms with Crippen molar-refractivity contribution in [1.29, 1.82) is 0 Å². The molecule has 1 rings (SSSR count). The molecular formula is C16H7F17O4P-. The van der Waals surface area contributed by atoms with Crippen LogP contribution >= 0.6 is 7.94 Å². The maximum Gasteiger partial charge on any atom is 0.471 e. The molecule has 38 heavy (non-hydrogen) atoms. The normalized spacial score (nSPS) is 15.9. The van der Waals surface area contributed by atoms with Crippen molar-refractivity contribution in [3.8, 4) is 5.75 Å². The summed E-state index contributed by atoms with van der Waals surface area (Å²) in [6.07, 6.45) is -15.7. The SMILES string of the molecule is [O-][P+]([O-])(O)Cc1ccc(OC(F)(F)C(F)(F)C(F)(F)C(F)(F)/C(F)=C(\F)C(F)(F)C(F)(F)C(F)(F)F)cc1. The molecule has 0 spiro atoms. The minimum atomic E-state index is -8.07. The van der Waals surface area contributed by atoms with Crippen LogP contribution in [-0.2, 0) is 6.16 Å². The van der Waals surface area contributed by atoms with Crippen LogP contribution in [0, 0.1) is 0 Å². The zero-order valence-corrected chi connectivity index (χ0v) is 18.0. The van der Waals surface area contributed by atoms with Gasteiger partial charge in [-0.3, -0.25) is 4.89 Å². The average molecular weight is 617 g/mol. The maximum atomic E-state index is 13.8. The Morgan fingerprint density at radius 2 is 1.03 bits per heavy atom. The molecule has 0 aromatic heterocycles. The second-order valence-electron chi connectivity index (χ2n) is 7.06. The van der Waals surface area contributed by atoms with Gasteiger partial charge in [-0.05, 0) is 17.7 Å². The fourth-order valence-electron chi connectivity index (χ4n) is 2.22. The number of rotatable bonds is 10. The Balaban J connectivity index is 3.48. The molecule has 22 heteroatoms. The van der Waals surface area contributed by atoms with E-state index >= 15 is 0 Å². The summed E-state index contributed by atoms with van der Waals surface area (Å²) in [5.74, 6) is -51.6. The van der Waals surface area contributed by atoms with Gasteiger partial charge in [0.1, 0.15) is 11.9 Å². The molecule has 220 valence electrons. The smallest absolute Gasteiger partial charge is 0.471 e. The van der Waals surface area contributed by atoms with Crippen molar-refractivity contribution in [2.45, 2.75) is 48.1 Å². The number of benzene rings is 1. The third-order valence-corrected chi connectivity index (χ3v) is 4.97. The molecule has 0 aliphatic heterocycles. The van der Waals surface area contributed by atoms with Crippen molar-refractivity contribution in [2.75, 3.05) is 0 Å². The maximum absolute atomic E-state index is 13.8. The third-order valence-electron chi connectivity index (χ3n) is 4.20. The predicted molar refractivity (Wildman–Crippen MR) is 84.9 cm³/mol. The first-order valence-corrected chi connectivity index (χ1v) is 10.4. The largest absolute Gasteiger partial charge is 0.659 e. The first-order valence-electron chi connectivity index (χ1n) is 8.68. The monoisotopic (exact) mass is 617 g/mol. The number of allylic oxidation sites excluding steroid dienone is 2. The molecule has 0 fully saturated rings. The van der Waals surface area contributed by atoms with E-state index in [1.54, 1.807) is 0 Å². The standard InChI is InChI=1S/C16H8F17O4P/c17-8(9(18)11(21,22)13(25,26)15(29,30)31)10(19,20)12(23,24)14(27,28)16(32,33)37-7-3-1-6(2-4-7)5-38(34,35)36/h1-4H,5H2,(H2,34,35,36)/p-1/b9-8+. The van der Waals surface area contributed by atoms with Crippen molar-refractivity contribution in [3.63, 3.8) is 0 Å². The van der Waals surface area contributed by atoms with E-state index in [-0.39, 0.29) is 12.1 Å². The Hall–Kier alpha value is -2.12. The minimum absolute atomic E-state index is 0.116. The highest BCUT2D eigenvalue weighted by molar-refractivity contribution is 7.54. The highest BCUT2D eigenvalue weighted by atomic mass is 31.2. The van der Waals surface area contributed by atoms with E-state index < -0.39 is 79.0 Å². The Kier molecular flexibility index (Phi) is 8.75. The lowest BCUT2D eigenvalue weighted by Crippen LogP contribution is -2.64. The van der Waals surface area contributed by atoms with Gasteiger partial charge in [0.25, 0.3) is 0 Å². The number of ether oxygens (including phenoxy) is 1. The molecule has 0 unspecified atom stereocenters. The van der Waals surface area contributed by atoms with Gasteiger partial charge >= 0.3 is 41.9 Å². The second-order valence-corrected chi connectivity index (χ2v) is 8.65. The van der Waals surface area contributed by atoms with Crippen LogP contribution in [0.4, 0.5) is 74.6 Å². The lowest BCUT2D eigenvalue weighted by atomic mass is 9.99. The lowest BCUT2D eigenvalue weighted by molar-refractivity contribution is -0.404. The van der Waals surface area contributed by atoms with Crippen molar-refractivity contribution >= 4 is 7.94 Å². The van der Waals surface area contributed by atoms with E-state index in [0.717, 1.165) is 0 Å². The third kappa shape index (κ3) is 5.89. The van der Waals surface area contributed by atoms with Crippen LogP contribution in [0.15, 0.2) is 35.9 Å². The van der Waals surface area contributed by atoms with Crippen molar-refractivity contribution in [3.05, 3.63) is 41.5 Å². The van der Waals surface area contributed by atoms with Crippen LogP contribution in [-0.4, -0.2) is 46.8 Å². The fraction of sp³-hybridized carbons (Fsp3) is 0.500. The van der Waals surface area contributed by atoms with E-state index in [0.29, 0.717) is 12.1 Å². The van der Waals surface area contributed by atoms with Crippen molar-refractivity contribution in [1.82, 2.24) is 0 Å². The van der Waals surface area contributed by atoms with Gasteiger partial charge in [-0.25, -0.2) is 8.78 Å². The molecule has 1 aromatic carbocycles. The molecular weight excluding hydrogens is 610 g/mol. The molecule has 0 saturated heterocycles. The van der Waals surface area contributed by atoms with Gasteiger partial charge < -0.3 is 14.5 Å². The zero-order chi connectivity index (χ0) is 30.6. The predicted octanol–water partition coefficient (Wildman–Crippen LogP) is 5.52. The number of halogens is 17. The summed E-state index contributed by atoms with van der Waals surface area (Å²) in [5, 5.41) is 0. The van der Waals surface area contributed by atoms with Gasteiger partial charge in [-0.15, -0.1) is 0 Å². The van der Waals surface area contributed by atoms with Crippen LogP contribution in [0.5, 0.6) is 5.75 Å². The van der Waals surface area contributed by atoms with Crippen molar-refractivity contribution in [2.24, 2.45) is 0 Å². The quantitative estimate of drug-likeness (QED) is 0.277. The first-order chi connectivity index (χ1) is 16.5. The molecule has 1 aromatic rings. The van der Waals surface area contributed by atoms with Crippen LogP contribution < -0.4 is 14.5 Å². The average Bonchev–Trinajstić information content (AvgIpc) is 2.71. The number of hydrogen-bond acceptors (Lipinski definition) is 4. The van der Waals surface area contributed by atoms with E-state index in [4.69, 9.17) is 4.89 Å². The van der Waals surface area contributed by atoms with Crippen LogP contribution in [0.1, 0.15) is 5.56 Å². The number of hydrogen-bond donors (Lipinski definition) is 1. The van der Waals surface area contributed by atoms with Crippen LogP contribution in [0.25, 0.3) is 0 Å². The molecule has 0 aliphatic rings. The molecule has 0 amide bonds. The summed E-state index contributed by atoms with van der Waals surface area (Å²) in [4.78, 5) is 30.0. The van der Waals surface area contributed by atoms with Gasteiger partial charge in [0.2, 0.25) is 11.7 Å². The summed E-state index contributed by atoms with van der Waals surface area (Å²) in [6.45, 7) is 0. The highest BCUT2D eigenvalue weighted by Crippen LogP contribution is 2.58. The van der Waals surface area contributed by atoms with Gasteiger partial charge in [-0.1, -0.05) is 12.1 Å². The van der Waals surface area contributed by atoms with Gasteiger partial charge in [0.05, 0.1) is 7.94 Å². The highest BCUT2D eigenvalue weighted by Gasteiger charge is 2.85. The first kappa shape index (κ1) is 33.9. The molecule has 0 heterocycles. The Morgan fingerprint density at radius 3 is 1.37 bits per heavy atom. The summed E-state index contributed by atoms with van der Waals surface area (Å²) < 4.78 is 227. The second kappa shape index (κ2) is 9.81. The summed E-state index contributed by atoms with van der Waals surface area (Å²) in [7, 11) is -5.04. The van der Waals surface area contributed by atoms with Gasteiger partial charge in [-0.2, -0.15) is 65.9 Å². The fourth-order valence-corrected chi connectivity index (χ4v) is 2.89. The van der Waals surface area contributed by atoms with Crippen LogP contribution in [0.3, 0.4) is 0 Å². The summed E-state index contributed by atoms with van der Waals surface area (Å²) >= 11 is 0. The van der Waals surface area contributed by atoms with Crippen molar-refractivity contribution < 1.29 is 94.1 Å². The Bertz CT molecular complexity index is 1030. The molecule has 0 atom stereocenters. The van der Waals surface area contributed by atoms with Gasteiger partial charge in [0.15, 0.2) is 0 Å². The number of alkyl halides is 15. The van der Waals surface area contributed by atoms with E-state index in [1.165, 1.54) is 0 Å². The van der Waals surface area contributed by atoms with E-state index in [1.807, 2.05) is 0 Å². The topological polar surface area (TPSA) is 75.6 Å². The lowest BCUT2D eigenvalue weighted by Gasteiger charge is -2.36. The van der Waals surface area contributed by atoms with Gasteiger partial charge in [0, 0.05) is 0 Å². The molecule has 0 radical (unpaired) electrons. The molecule has 0 aliphatic carbocycles. The molecule has 0 bridgehead atoms. The Morgan fingerprint density at radius 1 is 0.658 bits per heavy atom. The summed E-state index contributed by atoms with van der Waals surface area (Å²) in [5.41, 5.74) is -0.468. The van der Waals surface area contributed by atoms with Crippen LogP contribution in [0.2, 0.25) is 0 Å². The zero-order valence-electron chi connectivity index (χ0n) is 17.1. The van der Waals surface area contributed by atoms with E-state index in [2.05, 4.69) is 4.74 Å². The minimum Gasteiger partial charge on any atom is -0.659 e. The summed E-state index contributed by atoms with van der Waals surface area (Å²) in [6, 6.07) is 1.09. The van der Waals surface area contributed by atoms with E-state index in [9.17, 15) is 84.4 Å². The molecule has 4 nitrogen and oxygen atoms in total. The molecule has 0 saturated carbocycles. The Labute approximate surface area is 198 Å². The molecule has 1 N–H and O–H groups in total.